The smallest absolute Gasteiger partial charge is 0.747 e. The molecular formula is C4H9NNa2O13S4. The number of hydrogen-bond donors (Lipinski definition) is 3. The summed E-state index contributed by atoms with van der Waals surface area (Å²) in [5.41, 5.74) is 0. The minimum Gasteiger partial charge on any atom is -0.747 e. The standard InChI is InChI=1S/C4H11NO13S4.2Na/c6-5(1-3(19(7,8)9)20(10,11)12)2-4(21(13,14)15)22(16,17)18;;/h3-4,6H,1-2H2,(H,7,8,9)(H,10,11,12)(H,13,14,15)(H,16,17,18);;/q;2*+1/p-2. The van der Waals surface area contributed by atoms with E-state index in [1.54, 1.807) is 0 Å². The largest absolute Gasteiger partial charge is 1.00 e. The van der Waals surface area contributed by atoms with E-state index in [1.807, 2.05) is 0 Å². The normalized spacial score (nSPS) is 15.9. The fraction of sp³-hybridized carbons (Fsp3) is 1.00. The van der Waals surface area contributed by atoms with Crippen LogP contribution in [0.25, 0.3) is 0 Å². The van der Waals surface area contributed by atoms with Crippen LogP contribution in [0.4, 0.5) is 0 Å². The van der Waals surface area contributed by atoms with Crippen LogP contribution < -0.4 is 59.1 Å². The van der Waals surface area contributed by atoms with Gasteiger partial charge in [0.2, 0.25) is 0 Å². The van der Waals surface area contributed by atoms with E-state index < -0.39 is 67.8 Å². The molecule has 0 bridgehead atoms. The second-order valence-corrected chi connectivity index (χ2v) is 10.7. The van der Waals surface area contributed by atoms with Crippen molar-refractivity contribution >= 4 is 40.5 Å². The summed E-state index contributed by atoms with van der Waals surface area (Å²) in [5, 5.41) is 8.47. The summed E-state index contributed by atoms with van der Waals surface area (Å²) in [7, 11) is -22.6. The molecule has 3 N–H and O–H groups in total. The van der Waals surface area contributed by atoms with Gasteiger partial charge in [0, 0.05) is 0 Å². The summed E-state index contributed by atoms with van der Waals surface area (Å²) in [6.45, 7) is -3.57. The Labute approximate surface area is 182 Å². The van der Waals surface area contributed by atoms with Crippen molar-refractivity contribution in [1.82, 2.24) is 5.06 Å². The van der Waals surface area contributed by atoms with Gasteiger partial charge in [0.25, 0.3) is 20.2 Å². The summed E-state index contributed by atoms with van der Waals surface area (Å²) < 4.78 is 117. The Bertz CT molecular complexity index is 679. The van der Waals surface area contributed by atoms with Crippen LogP contribution in [-0.4, -0.2) is 84.4 Å². The predicted molar refractivity (Wildman–Crippen MR) is 63.4 cm³/mol. The van der Waals surface area contributed by atoms with Crippen molar-refractivity contribution in [2.75, 3.05) is 13.1 Å². The predicted octanol–water partition coefficient (Wildman–Crippen LogP) is -9.80. The van der Waals surface area contributed by atoms with E-state index in [9.17, 15) is 42.8 Å². The molecule has 0 aliphatic rings. The minimum absolute atomic E-state index is 0. The zero-order valence-corrected chi connectivity index (χ0v) is 19.3. The van der Waals surface area contributed by atoms with Gasteiger partial charge in [0.1, 0.15) is 20.2 Å². The topological polar surface area (TPSA) is 247 Å². The Morgan fingerprint density at radius 1 is 0.708 bits per heavy atom. The van der Waals surface area contributed by atoms with E-state index in [4.69, 9.17) is 14.3 Å². The fourth-order valence-electron chi connectivity index (χ4n) is 1.09. The third-order valence-electron chi connectivity index (χ3n) is 2.03. The van der Waals surface area contributed by atoms with Crippen LogP contribution in [0.2, 0.25) is 0 Å². The second kappa shape index (κ2) is 10.2. The summed E-state index contributed by atoms with van der Waals surface area (Å²) in [4.78, 5) is 0. The number of nitrogens with zero attached hydrogens (tertiary/aromatic N) is 1. The van der Waals surface area contributed by atoms with Gasteiger partial charge >= 0.3 is 59.1 Å². The SMILES string of the molecule is O=S(=O)([O-])C(CN(O)CC(S(=O)(=O)[O-])S(=O)(=O)O)S(=O)(=O)O.[Na+].[Na+]. The van der Waals surface area contributed by atoms with E-state index in [-0.39, 0.29) is 59.1 Å². The molecule has 0 aliphatic heterocycles. The van der Waals surface area contributed by atoms with Crippen molar-refractivity contribution in [3.63, 3.8) is 0 Å². The van der Waals surface area contributed by atoms with Gasteiger partial charge in [-0.05, 0) is 0 Å². The van der Waals surface area contributed by atoms with Gasteiger partial charge in [-0.2, -0.15) is 21.9 Å². The van der Waals surface area contributed by atoms with Gasteiger partial charge in [-0.3, -0.25) is 9.11 Å². The molecule has 0 aliphatic carbocycles. The number of hydroxylamine groups is 2. The van der Waals surface area contributed by atoms with E-state index in [1.165, 1.54) is 0 Å². The molecule has 0 spiro atoms. The minimum atomic E-state index is -5.75. The Balaban J connectivity index is -0.00000220. The molecule has 0 amide bonds. The van der Waals surface area contributed by atoms with Gasteiger partial charge in [-0.1, -0.05) is 0 Å². The summed E-state index contributed by atoms with van der Waals surface area (Å²) in [6, 6.07) is 0. The van der Waals surface area contributed by atoms with E-state index >= 15 is 0 Å². The summed E-state index contributed by atoms with van der Waals surface area (Å²) in [6.07, 6.45) is 0. The average molecular weight is 453 g/mol. The van der Waals surface area contributed by atoms with Crippen LogP contribution in [0.1, 0.15) is 0 Å². The first kappa shape index (κ1) is 30.3. The molecule has 134 valence electrons. The van der Waals surface area contributed by atoms with Crippen molar-refractivity contribution in [2.45, 2.75) is 9.16 Å². The van der Waals surface area contributed by atoms with E-state index in [2.05, 4.69) is 0 Å². The molecule has 0 fully saturated rings. The van der Waals surface area contributed by atoms with Crippen molar-refractivity contribution in [1.29, 1.82) is 0 Å². The Kier molecular flexibility index (Phi) is 12.9. The maximum absolute atomic E-state index is 10.7. The maximum atomic E-state index is 10.7. The van der Waals surface area contributed by atoms with Crippen LogP contribution >= 0.6 is 0 Å². The first-order chi connectivity index (χ1) is 9.37. The fourth-order valence-corrected chi connectivity index (χ4v) is 4.90. The zero-order chi connectivity index (χ0) is 18.1. The molecule has 2 unspecified atom stereocenters. The maximum Gasteiger partial charge on any atom is 1.00 e. The van der Waals surface area contributed by atoms with Crippen LogP contribution in [0, 0.1) is 0 Å². The molecule has 0 aromatic heterocycles. The van der Waals surface area contributed by atoms with Crippen LogP contribution in [-0.2, 0) is 40.5 Å². The van der Waals surface area contributed by atoms with E-state index in [0.29, 0.717) is 0 Å². The molecule has 14 nitrogen and oxygen atoms in total. The molecule has 0 rings (SSSR count). The molecular weight excluding hydrogens is 444 g/mol. The van der Waals surface area contributed by atoms with Crippen molar-refractivity contribution in [2.24, 2.45) is 0 Å². The molecule has 0 heterocycles. The first-order valence-corrected chi connectivity index (χ1v) is 10.6. The van der Waals surface area contributed by atoms with Gasteiger partial charge in [0.15, 0.2) is 9.16 Å². The monoisotopic (exact) mass is 453 g/mol. The van der Waals surface area contributed by atoms with Gasteiger partial charge in [-0.25, -0.2) is 16.8 Å². The van der Waals surface area contributed by atoms with Crippen molar-refractivity contribution in [3.05, 3.63) is 0 Å². The Morgan fingerprint density at radius 3 is 1.04 bits per heavy atom. The molecule has 0 aromatic rings. The van der Waals surface area contributed by atoms with Gasteiger partial charge in [0.05, 0.1) is 13.1 Å². The summed E-state index contributed by atoms with van der Waals surface area (Å²) >= 11 is 0. The second-order valence-electron chi connectivity index (χ2n) is 3.75. The van der Waals surface area contributed by atoms with Gasteiger partial charge < -0.3 is 14.3 Å². The molecule has 2 atom stereocenters. The first-order valence-electron chi connectivity index (χ1n) is 4.62. The third-order valence-corrected chi connectivity index (χ3v) is 8.11. The van der Waals surface area contributed by atoms with Gasteiger partial charge in [-0.15, -0.1) is 0 Å². The average Bonchev–Trinajstić information content (AvgIpc) is 2.15. The molecule has 0 radical (unpaired) electrons. The third kappa shape index (κ3) is 10.6. The van der Waals surface area contributed by atoms with Crippen molar-refractivity contribution < 1.29 is 116 Å². The number of hydrogen-bond acceptors (Lipinski definition) is 12. The number of rotatable bonds is 8. The van der Waals surface area contributed by atoms with E-state index in [0.717, 1.165) is 0 Å². The summed E-state index contributed by atoms with van der Waals surface area (Å²) in [5.74, 6) is 0. The van der Waals surface area contributed by atoms with Crippen LogP contribution in [0.5, 0.6) is 0 Å². The zero-order valence-electron chi connectivity index (χ0n) is 12.1. The Hall–Kier alpha value is 1.56. The molecule has 24 heavy (non-hydrogen) atoms. The van der Waals surface area contributed by atoms with Crippen LogP contribution in [0.3, 0.4) is 0 Å². The molecule has 20 heteroatoms. The van der Waals surface area contributed by atoms with Crippen LogP contribution in [0.15, 0.2) is 0 Å². The Morgan fingerprint density at radius 2 is 0.917 bits per heavy atom. The molecule has 0 saturated carbocycles. The molecule has 0 aromatic carbocycles. The molecule has 0 saturated heterocycles. The van der Waals surface area contributed by atoms with Crippen molar-refractivity contribution in [3.8, 4) is 0 Å². The quantitative estimate of drug-likeness (QED) is 0.175.